The van der Waals surface area contributed by atoms with Crippen molar-refractivity contribution >= 4 is 0 Å². The van der Waals surface area contributed by atoms with E-state index in [2.05, 4.69) is 10.5 Å². The van der Waals surface area contributed by atoms with Gasteiger partial charge in [-0.2, -0.15) is 18.3 Å². The van der Waals surface area contributed by atoms with Crippen molar-refractivity contribution in [2.75, 3.05) is 0 Å². The zero-order valence-corrected chi connectivity index (χ0v) is 11.2. The van der Waals surface area contributed by atoms with E-state index in [9.17, 15) is 17.6 Å². The number of benzene rings is 1. The summed E-state index contributed by atoms with van der Waals surface area (Å²) in [5.74, 6) is 4.07. The lowest BCUT2D eigenvalue weighted by Crippen LogP contribution is -2.31. The number of nitrogens with zero attached hydrogens (tertiary/aromatic N) is 2. The quantitative estimate of drug-likeness (QED) is 0.518. The molecule has 1 heterocycles. The van der Waals surface area contributed by atoms with Crippen LogP contribution in [0.25, 0.3) is 0 Å². The third-order valence-electron chi connectivity index (χ3n) is 3.16. The van der Waals surface area contributed by atoms with Gasteiger partial charge in [-0.1, -0.05) is 12.1 Å². The largest absolute Gasteiger partial charge is 0.419 e. The molecule has 1 aromatic heterocycles. The summed E-state index contributed by atoms with van der Waals surface area (Å²) in [4.78, 5) is 0. The van der Waals surface area contributed by atoms with E-state index in [0.29, 0.717) is 18.3 Å². The summed E-state index contributed by atoms with van der Waals surface area (Å²) in [6.45, 7) is 2.30. The Bertz CT molecular complexity index is 621. The van der Waals surface area contributed by atoms with Gasteiger partial charge >= 0.3 is 6.18 Å². The molecule has 114 valence electrons. The van der Waals surface area contributed by atoms with Crippen molar-refractivity contribution < 1.29 is 17.6 Å². The predicted molar refractivity (Wildman–Crippen MR) is 68.5 cm³/mol. The molecule has 1 unspecified atom stereocenters. The monoisotopic (exact) mass is 302 g/mol. The SMILES string of the molecule is CCn1nccc1C(NN)c1cccc(C(F)(F)F)c1F. The average Bonchev–Trinajstić information content (AvgIpc) is 2.88. The van der Waals surface area contributed by atoms with Crippen LogP contribution in [0.1, 0.15) is 29.8 Å². The molecule has 0 saturated carbocycles. The molecule has 0 fully saturated rings. The lowest BCUT2D eigenvalue weighted by Gasteiger charge is -2.20. The van der Waals surface area contributed by atoms with Crippen LogP contribution in [0.3, 0.4) is 0 Å². The molecule has 2 aromatic rings. The average molecular weight is 302 g/mol. The van der Waals surface area contributed by atoms with Gasteiger partial charge in [-0.05, 0) is 19.1 Å². The van der Waals surface area contributed by atoms with Gasteiger partial charge in [-0.25, -0.2) is 9.82 Å². The second kappa shape index (κ2) is 5.82. The molecule has 3 N–H and O–H groups in total. The minimum absolute atomic E-state index is 0.178. The van der Waals surface area contributed by atoms with Crippen LogP contribution in [-0.2, 0) is 12.7 Å². The van der Waals surface area contributed by atoms with Crippen LogP contribution in [0, 0.1) is 5.82 Å². The Morgan fingerprint density at radius 2 is 2.05 bits per heavy atom. The fourth-order valence-electron chi connectivity index (χ4n) is 2.18. The number of aryl methyl sites for hydroxylation is 1. The third-order valence-corrected chi connectivity index (χ3v) is 3.16. The van der Waals surface area contributed by atoms with Gasteiger partial charge in [0.2, 0.25) is 0 Å². The molecule has 0 aliphatic carbocycles. The van der Waals surface area contributed by atoms with E-state index in [4.69, 9.17) is 5.84 Å². The highest BCUT2D eigenvalue weighted by molar-refractivity contribution is 5.34. The van der Waals surface area contributed by atoms with E-state index < -0.39 is 23.6 Å². The van der Waals surface area contributed by atoms with Gasteiger partial charge in [0, 0.05) is 18.3 Å². The minimum Gasteiger partial charge on any atom is -0.271 e. The molecule has 1 aromatic carbocycles. The summed E-state index contributed by atoms with van der Waals surface area (Å²) in [5.41, 5.74) is 1.34. The molecule has 1 atom stereocenters. The third kappa shape index (κ3) is 2.91. The molecule has 0 bridgehead atoms. The van der Waals surface area contributed by atoms with Gasteiger partial charge < -0.3 is 0 Å². The van der Waals surface area contributed by atoms with Gasteiger partial charge in [-0.15, -0.1) is 0 Å². The Balaban J connectivity index is 2.54. The van der Waals surface area contributed by atoms with E-state index >= 15 is 0 Å². The molecule has 0 amide bonds. The highest BCUT2D eigenvalue weighted by Gasteiger charge is 2.36. The van der Waals surface area contributed by atoms with Crippen LogP contribution >= 0.6 is 0 Å². The first kappa shape index (κ1) is 15.5. The first-order chi connectivity index (χ1) is 9.90. The zero-order chi connectivity index (χ0) is 15.6. The number of hydrogen-bond acceptors (Lipinski definition) is 3. The second-order valence-electron chi connectivity index (χ2n) is 4.38. The highest BCUT2D eigenvalue weighted by atomic mass is 19.4. The van der Waals surface area contributed by atoms with E-state index in [0.717, 1.165) is 6.07 Å². The summed E-state index contributed by atoms with van der Waals surface area (Å²) < 4.78 is 54.0. The van der Waals surface area contributed by atoms with Crippen molar-refractivity contribution in [3.63, 3.8) is 0 Å². The minimum atomic E-state index is -4.76. The Morgan fingerprint density at radius 3 is 2.62 bits per heavy atom. The molecule has 0 radical (unpaired) electrons. The van der Waals surface area contributed by atoms with E-state index in [1.165, 1.54) is 16.9 Å². The van der Waals surface area contributed by atoms with Crippen LogP contribution in [0.15, 0.2) is 30.5 Å². The van der Waals surface area contributed by atoms with Crippen molar-refractivity contribution in [1.29, 1.82) is 0 Å². The fraction of sp³-hybridized carbons (Fsp3) is 0.308. The summed E-state index contributed by atoms with van der Waals surface area (Å²) in [5, 5.41) is 4.01. The highest BCUT2D eigenvalue weighted by Crippen LogP contribution is 2.35. The Hall–Kier alpha value is -1.93. The maximum atomic E-state index is 14.2. The van der Waals surface area contributed by atoms with Crippen LogP contribution in [0.5, 0.6) is 0 Å². The predicted octanol–water partition coefficient (Wildman–Crippen LogP) is 2.61. The van der Waals surface area contributed by atoms with Gasteiger partial charge in [0.25, 0.3) is 0 Å². The summed E-state index contributed by atoms with van der Waals surface area (Å²) in [6.07, 6.45) is -3.28. The van der Waals surface area contributed by atoms with Gasteiger partial charge in [-0.3, -0.25) is 10.5 Å². The maximum Gasteiger partial charge on any atom is 0.419 e. The molecule has 0 spiro atoms. The fourth-order valence-corrected chi connectivity index (χ4v) is 2.18. The van der Waals surface area contributed by atoms with Crippen LogP contribution in [0.2, 0.25) is 0 Å². The van der Waals surface area contributed by atoms with Crippen LogP contribution in [0.4, 0.5) is 17.6 Å². The van der Waals surface area contributed by atoms with Gasteiger partial charge in [0.05, 0.1) is 17.3 Å². The van der Waals surface area contributed by atoms with Crippen molar-refractivity contribution in [3.8, 4) is 0 Å². The molecule has 8 heteroatoms. The summed E-state index contributed by atoms with van der Waals surface area (Å²) in [7, 11) is 0. The second-order valence-corrected chi connectivity index (χ2v) is 4.38. The first-order valence-corrected chi connectivity index (χ1v) is 6.23. The van der Waals surface area contributed by atoms with E-state index in [1.54, 1.807) is 6.07 Å². The number of nitrogens with two attached hydrogens (primary N) is 1. The Kier molecular flexibility index (Phi) is 4.29. The molecule has 4 nitrogen and oxygen atoms in total. The van der Waals surface area contributed by atoms with Crippen molar-refractivity contribution in [2.45, 2.75) is 25.7 Å². The zero-order valence-electron chi connectivity index (χ0n) is 11.2. The van der Waals surface area contributed by atoms with Gasteiger partial charge in [0.15, 0.2) is 0 Å². The number of hydrogen-bond donors (Lipinski definition) is 2. The summed E-state index contributed by atoms with van der Waals surface area (Å²) in [6, 6.07) is 3.77. The van der Waals surface area contributed by atoms with Crippen molar-refractivity contribution in [3.05, 3.63) is 53.1 Å². The standard InChI is InChI=1S/C13H14F4N4/c1-2-21-10(6-7-19-21)12(20-18)8-4-3-5-9(11(8)14)13(15,16)17/h3-7,12,20H,2,18H2,1H3. The van der Waals surface area contributed by atoms with Crippen LogP contribution < -0.4 is 11.3 Å². The maximum absolute atomic E-state index is 14.2. The smallest absolute Gasteiger partial charge is 0.271 e. The number of rotatable bonds is 4. The first-order valence-electron chi connectivity index (χ1n) is 6.23. The number of aromatic nitrogens is 2. The lowest BCUT2D eigenvalue weighted by molar-refractivity contribution is -0.140. The van der Waals surface area contributed by atoms with Gasteiger partial charge in [0.1, 0.15) is 5.82 Å². The van der Waals surface area contributed by atoms with Crippen molar-refractivity contribution in [1.82, 2.24) is 15.2 Å². The number of alkyl halides is 3. The normalized spacial score (nSPS) is 13.4. The number of halogens is 4. The Morgan fingerprint density at radius 1 is 1.33 bits per heavy atom. The molecule has 0 aliphatic heterocycles. The topological polar surface area (TPSA) is 55.9 Å². The molecular weight excluding hydrogens is 288 g/mol. The molecule has 21 heavy (non-hydrogen) atoms. The van der Waals surface area contributed by atoms with Crippen molar-refractivity contribution in [2.24, 2.45) is 5.84 Å². The molecular formula is C13H14F4N4. The van der Waals surface area contributed by atoms with Crippen LogP contribution in [-0.4, -0.2) is 9.78 Å². The van der Waals surface area contributed by atoms with E-state index in [-0.39, 0.29) is 5.56 Å². The number of nitrogens with one attached hydrogen (secondary N) is 1. The molecule has 0 saturated heterocycles. The Labute approximate surface area is 118 Å². The summed E-state index contributed by atoms with van der Waals surface area (Å²) >= 11 is 0. The van der Waals surface area contributed by atoms with E-state index in [1.807, 2.05) is 6.92 Å². The molecule has 0 aliphatic rings. The number of hydrazine groups is 1. The lowest BCUT2D eigenvalue weighted by atomic mass is 10.0. The molecule has 2 rings (SSSR count).